The molecule has 0 heterocycles. The summed E-state index contributed by atoms with van der Waals surface area (Å²) < 4.78 is 59.9. The molecule has 96 valence electrons. The predicted molar refractivity (Wildman–Crippen MR) is 65.1 cm³/mol. The van der Waals surface area contributed by atoms with Crippen molar-refractivity contribution in [2.24, 2.45) is 0 Å². The summed E-state index contributed by atoms with van der Waals surface area (Å²) in [6, 6.07) is 0.735. The van der Waals surface area contributed by atoms with E-state index in [9.17, 15) is 16.8 Å². The van der Waals surface area contributed by atoms with Crippen LogP contribution in [-0.4, -0.2) is 95.3 Å². The first-order valence-electron chi connectivity index (χ1n) is 3.54. The van der Waals surface area contributed by atoms with E-state index in [4.69, 9.17) is 19.3 Å². The zero-order valence-corrected chi connectivity index (χ0v) is 15.0. The molecule has 0 unspecified atom stereocenters. The second-order valence-corrected chi connectivity index (χ2v) is 5.55. The number of phenolic OH excluding ortho intramolecular Hbond substituents is 2. The van der Waals surface area contributed by atoms with E-state index < -0.39 is 41.5 Å². The Balaban J connectivity index is -0.000000320. The first-order valence-corrected chi connectivity index (χ1v) is 6.42. The minimum absolute atomic E-state index is 0. The normalized spacial score (nSPS) is 11.2. The van der Waals surface area contributed by atoms with Gasteiger partial charge < -0.3 is 10.2 Å². The van der Waals surface area contributed by atoms with E-state index in [1.807, 2.05) is 0 Å². The summed E-state index contributed by atoms with van der Waals surface area (Å²) in [6.07, 6.45) is 0. The number of phenols is 2. The van der Waals surface area contributed by atoms with Gasteiger partial charge in [0.05, 0.1) is 4.90 Å². The van der Waals surface area contributed by atoms with E-state index in [0.717, 1.165) is 0 Å². The molecule has 18 heavy (non-hydrogen) atoms. The van der Waals surface area contributed by atoms with Gasteiger partial charge in [-0.2, -0.15) is 16.8 Å². The Hall–Kier alpha value is 0.640. The fraction of sp³-hybridized carbons (Fsp3) is 0. The quantitative estimate of drug-likeness (QED) is 0.318. The van der Waals surface area contributed by atoms with E-state index in [1.54, 1.807) is 0 Å². The van der Waals surface area contributed by atoms with E-state index in [1.165, 1.54) is 0 Å². The van der Waals surface area contributed by atoms with Gasteiger partial charge in [0.1, 0.15) is 4.90 Å². The third-order valence-electron chi connectivity index (χ3n) is 1.60. The first-order chi connectivity index (χ1) is 7.03. The Morgan fingerprint density at radius 2 is 1.33 bits per heavy atom. The van der Waals surface area contributed by atoms with E-state index in [-0.39, 0.29) is 62.0 Å². The number of hydrogen-bond donors (Lipinski definition) is 4. The van der Waals surface area contributed by atoms with Crippen LogP contribution < -0.4 is 0 Å². The van der Waals surface area contributed by atoms with Gasteiger partial charge in [0, 0.05) is 68.0 Å². The summed E-state index contributed by atoms with van der Waals surface area (Å²) in [6.45, 7) is 0. The van der Waals surface area contributed by atoms with Crippen molar-refractivity contribution in [1.82, 2.24) is 0 Å². The molecule has 1 aromatic rings. The van der Waals surface area contributed by atoms with Crippen molar-refractivity contribution < 1.29 is 39.0 Å². The zero-order valence-electron chi connectivity index (χ0n) is 9.39. The smallest absolute Gasteiger partial charge is 0.298 e. The van der Waals surface area contributed by atoms with Crippen molar-refractivity contribution in [1.29, 1.82) is 0 Å². The molecule has 0 aromatic heterocycles. The zero-order chi connectivity index (χ0) is 12.7. The van der Waals surface area contributed by atoms with Crippen LogP contribution in [-0.2, 0) is 20.2 Å². The largest absolute Gasteiger partial charge is 0.504 e. The molecule has 0 aliphatic carbocycles. The molecule has 8 nitrogen and oxygen atoms in total. The van der Waals surface area contributed by atoms with E-state index in [2.05, 4.69) is 0 Å². The number of rotatable bonds is 2. The van der Waals surface area contributed by atoms with Crippen molar-refractivity contribution in [2.75, 3.05) is 0 Å². The van der Waals surface area contributed by atoms with Gasteiger partial charge in [-0.05, 0) is 6.07 Å². The molecule has 0 bridgehead atoms. The third-order valence-corrected chi connectivity index (χ3v) is 3.30. The van der Waals surface area contributed by atoms with Crippen molar-refractivity contribution >= 4 is 79.4 Å². The average Bonchev–Trinajstić information content (AvgIpc) is 2.05. The topological polar surface area (TPSA) is 149 Å². The maximum atomic E-state index is 10.7. The van der Waals surface area contributed by atoms with E-state index >= 15 is 0 Å². The van der Waals surface area contributed by atoms with Crippen LogP contribution >= 0.6 is 0 Å². The number of benzene rings is 1. The maximum absolute atomic E-state index is 10.7. The Kier molecular flexibility index (Phi) is 8.01. The van der Waals surface area contributed by atoms with Gasteiger partial charge in [-0.25, -0.2) is 0 Å². The van der Waals surface area contributed by atoms with Crippen molar-refractivity contribution in [2.45, 2.75) is 9.79 Å². The second-order valence-electron chi connectivity index (χ2n) is 2.74. The van der Waals surface area contributed by atoms with Gasteiger partial charge in [-0.1, -0.05) is 0 Å². The van der Waals surface area contributed by atoms with Crippen LogP contribution in [0.4, 0.5) is 0 Å². The fourth-order valence-electron chi connectivity index (χ4n) is 0.914. The second kappa shape index (κ2) is 6.88. The summed E-state index contributed by atoms with van der Waals surface area (Å²) in [7, 11) is -9.70. The fourth-order valence-corrected chi connectivity index (χ4v) is 2.14. The van der Waals surface area contributed by atoms with Gasteiger partial charge in [-0.15, -0.1) is 0 Å². The molecule has 0 fully saturated rings. The maximum Gasteiger partial charge on any atom is 0.298 e. The van der Waals surface area contributed by atoms with Crippen molar-refractivity contribution in [3.8, 4) is 11.5 Å². The molecule has 0 saturated carbocycles. The van der Waals surface area contributed by atoms with Crippen LogP contribution in [0.25, 0.3) is 0 Å². The molecule has 0 spiro atoms. The standard InChI is InChI=1S/C6H6O8S2.2Na.2H2/c7-4-1-3(15(9,10)11)2-5(6(4)8)16(12,13)14;;;;/h1-2,7-8H,(H,9,10,11)(H,12,13,14);;;2*1H. The average molecular weight is 320 g/mol. The summed E-state index contributed by atoms with van der Waals surface area (Å²) in [5, 5.41) is 18.1. The van der Waals surface area contributed by atoms with E-state index in [0.29, 0.717) is 12.1 Å². The van der Waals surface area contributed by atoms with Crippen molar-refractivity contribution in [3.05, 3.63) is 12.1 Å². The van der Waals surface area contributed by atoms with Gasteiger partial charge in [0.25, 0.3) is 20.2 Å². The molecular weight excluding hydrogens is 310 g/mol. The monoisotopic (exact) mass is 320 g/mol. The first kappa shape index (κ1) is 20.9. The molecule has 0 atom stereocenters. The van der Waals surface area contributed by atoms with Crippen LogP contribution in [0, 0.1) is 0 Å². The summed E-state index contributed by atoms with van der Waals surface area (Å²) in [4.78, 5) is -2.20. The molecule has 0 saturated heterocycles. The van der Waals surface area contributed by atoms with Crippen LogP contribution in [0.15, 0.2) is 21.9 Å². The van der Waals surface area contributed by atoms with Gasteiger partial charge in [-0.3, -0.25) is 9.11 Å². The summed E-state index contributed by atoms with van der Waals surface area (Å²) >= 11 is 0. The third kappa shape index (κ3) is 4.96. The minimum Gasteiger partial charge on any atom is -0.504 e. The van der Waals surface area contributed by atoms with Gasteiger partial charge in [0.2, 0.25) is 0 Å². The van der Waals surface area contributed by atoms with Crippen LogP contribution in [0.3, 0.4) is 0 Å². The molecule has 1 rings (SSSR count). The number of aromatic hydroxyl groups is 2. The summed E-state index contributed by atoms with van der Waals surface area (Å²) in [5.74, 6) is -2.32. The van der Waals surface area contributed by atoms with Crippen LogP contribution in [0.1, 0.15) is 2.85 Å². The molecular formula is C6H10Na2O8S2. The Bertz CT molecular complexity index is 645. The predicted octanol–water partition coefficient (Wildman–Crippen LogP) is -0.678. The minimum atomic E-state index is -4.92. The Morgan fingerprint density at radius 3 is 1.67 bits per heavy atom. The van der Waals surface area contributed by atoms with Crippen LogP contribution in [0.5, 0.6) is 11.5 Å². The molecule has 0 amide bonds. The summed E-state index contributed by atoms with van der Waals surface area (Å²) in [5.41, 5.74) is 0. The Labute approximate surface area is 150 Å². The SMILES string of the molecule is O=S(=O)(O)c1cc(O)c(O)c(S(=O)(=O)O)c1.[HH].[HH].[Na].[Na]. The molecule has 0 aliphatic heterocycles. The molecule has 1 aromatic carbocycles. The molecule has 0 aliphatic rings. The number of hydrogen-bond acceptors (Lipinski definition) is 6. The Morgan fingerprint density at radius 1 is 0.889 bits per heavy atom. The molecule has 4 N–H and O–H groups in total. The van der Waals surface area contributed by atoms with Gasteiger partial charge in [0.15, 0.2) is 11.5 Å². The van der Waals surface area contributed by atoms with Gasteiger partial charge >= 0.3 is 0 Å². The molecule has 12 heteroatoms. The van der Waals surface area contributed by atoms with Crippen molar-refractivity contribution in [3.63, 3.8) is 0 Å². The molecule has 2 radical (unpaired) electrons. The van der Waals surface area contributed by atoms with Crippen LogP contribution in [0.2, 0.25) is 0 Å².